The van der Waals surface area contributed by atoms with Crippen molar-refractivity contribution in [1.82, 2.24) is 0 Å². The first-order valence-corrected chi connectivity index (χ1v) is 5.59. The van der Waals surface area contributed by atoms with Crippen molar-refractivity contribution in [3.8, 4) is 0 Å². The predicted octanol–water partition coefficient (Wildman–Crippen LogP) is 2.38. The predicted molar refractivity (Wildman–Crippen MR) is 59.9 cm³/mol. The molecule has 1 fully saturated rings. The van der Waals surface area contributed by atoms with Gasteiger partial charge in [0.05, 0.1) is 6.61 Å². The molecule has 1 aromatic rings. The number of aliphatic hydroxyl groups excluding tert-OH is 1. The number of rotatable bonds is 2. The monoisotopic (exact) mass is 206 g/mol. The molecular weight excluding hydrogens is 188 g/mol. The molecule has 1 N–H and O–H groups in total. The molecule has 1 saturated heterocycles. The van der Waals surface area contributed by atoms with Gasteiger partial charge in [-0.3, -0.25) is 0 Å². The number of ether oxygens (including phenoxy) is 1. The summed E-state index contributed by atoms with van der Waals surface area (Å²) in [5.74, 6) is 0.645. The quantitative estimate of drug-likeness (QED) is 0.805. The minimum Gasteiger partial charge on any atom is -0.392 e. The van der Waals surface area contributed by atoms with Crippen LogP contribution in [0.15, 0.2) is 18.2 Å². The molecule has 0 saturated carbocycles. The maximum absolute atomic E-state index is 9.04. The number of hydrogen-bond acceptors (Lipinski definition) is 2. The SMILES string of the molecule is Cc1cc(CO)ccc1C1CCOCC1. The molecule has 0 radical (unpaired) electrons. The van der Waals surface area contributed by atoms with Crippen molar-refractivity contribution >= 4 is 0 Å². The van der Waals surface area contributed by atoms with Crippen molar-refractivity contribution in [2.24, 2.45) is 0 Å². The molecule has 1 aliphatic heterocycles. The van der Waals surface area contributed by atoms with E-state index in [1.807, 2.05) is 6.07 Å². The summed E-state index contributed by atoms with van der Waals surface area (Å²) in [6.45, 7) is 4.02. The lowest BCUT2D eigenvalue weighted by Gasteiger charge is -2.24. The number of aliphatic hydroxyl groups is 1. The Kier molecular flexibility index (Phi) is 3.39. The summed E-state index contributed by atoms with van der Waals surface area (Å²) in [7, 11) is 0. The van der Waals surface area contributed by atoms with E-state index >= 15 is 0 Å². The summed E-state index contributed by atoms with van der Waals surface area (Å²) < 4.78 is 5.37. The molecule has 0 aromatic heterocycles. The van der Waals surface area contributed by atoms with Crippen LogP contribution in [0.4, 0.5) is 0 Å². The highest BCUT2D eigenvalue weighted by molar-refractivity contribution is 5.33. The minimum atomic E-state index is 0.134. The summed E-state index contributed by atoms with van der Waals surface area (Å²) in [4.78, 5) is 0. The Morgan fingerprint density at radius 3 is 2.67 bits per heavy atom. The van der Waals surface area contributed by atoms with Crippen LogP contribution in [0.2, 0.25) is 0 Å². The van der Waals surface area contributed by atoms with Gasteiger partial charge in [0.1, 0.15) is 0 Å². The molecule has 2 nitrogen and oxygen atoms in total. The fraction of sp³-hybridized carbons (Fsp3) is 0.538. The van der Waals surface area contributed by atoms with Crippen LogP contribution < -0.4 is 0 Å². The van der Waals surface area contributed by atoms with E-state index in [0.717, 1.165) is 31.6 Å². The van der Waals surface area contributed by atoms with E-state index in [-0.39, 0.29) is 6.61 Å². The largest absolute Gasteiger partial charge is 0.392 e. The summed E-state index contributed by atoms with van der Waals surface area (Å²) in [5.41, 5.74) is 3.73. The van der Waals surface area contributed by atoms with Crippen LogP contribution in [-0.2, 0) is 11.3 Å². The van der Waals surface area contributed by atoms with Crippen LogP contribution in [-0.4, -0.2) is 18.3 Å². The zero-order valence-electron chi connectivity index (χ0n) is 9.20. The molecule has 0 bridgehead atoms. The Bertz CT molecular complexity index is 327. The van der Waals surface area contributed by atoms with E-state index in [2.05, 4.69) is 19.1 Å². The van der Waals surface area contributed by atoms with Crippen LogP contribution in [0.1, 0.15) is 35.4 Å². The Morgan fingerprint density at radius 1 is 1.33 bits per heavy atom. The maximum Gasteiger partial charge on any atom is 0.0681 e. The van der Waals surface area contributed by atoms with Crippen molar-refractivity contribution in [3.63, 3.8) is 0 Å². The van der Waals surface area contributed by atoms with E-state index < -0.39 is 0 Å². The first-order valence-electron chi connectivity index (χ1n) is 5.59. The van der Waals surface area contributed by atoms with E-state index in [0.29, 0.717) is 5.92 Å². The fourth-order valence-corrected chi connectivity index (χ4v) is 2.30. The van der Waals surface area contributed by atoms with Crippen molar-refractivity contribution in [2.45, 2.75) is 32.3 Å². The molecule has 2 heteroatoms. The van der Waals surface area contributed by atoms with E-state index in [4.69, 9.17) is 9.84 Å². The van der Waals surface area contributed by atoms with Crippen LogP contribution in [0, 0.1) is 6.92 Å². The highest BCUT2D eigenvalue weighted by atomic mass is 16.5. The van der Waals surface area contributed by atoms with Crippen molar-refractivity contribution in [3.05, 3.63) is 34.9 Å². The molecule has 1 aromatic carbocycles. The molecule has 0 spiro atoms. The van der Waals surface area contributed by atoms with Gasteiger partial charge in [-0.2, -0.15) is 0 Å². The summed E-state index contributed by atoms with van der Waals surface area (Å²) >= 11 is 0. The molecule has 0 aliphatic carbocycles. The van der Waals surface area contributed by atoms with Crippen LogP contribution in [0.5, 0.6) is 0 Å². The Hall–Kier alpha value is -0.860. The molecule has 0 unspecified atom stereocenters. The van der Waals surface area contributed by atoms with E-state index in [1.165, 1.54) is 11.1 Å². The van der Waals surface area contributed by atoms with Gasteiger partial charge < -0.3 is 9.84 Å². The molecule has 0 atom stereocenters. The second-order valence-corrected chi connectivity index (χ2v) is 4.24. The average Bonchev–Trinajstić information content (AvgIpc) is 2.30. The van der Waals surface area contributed by atoms with Gasteiger partial charge in [0.15, 0.2) is 0 Å². The number of aryl methyl sites for hydroxylation is 1. The summed E-state index contributed by atoms with van der Waals surface area (Å²) in [5, 5.41) is 9.04. The molecular formula is C13H18O2. The van der Waals surface area contributed by atoms with Gasteiger partial charge in [-0.25, -0.2) is 0 Å². The van der Waals surface area contributed by atoms with Crippen LogP contribution >= 0.6 is 0 Å². The Balaban J connectivity index is 2.19. The second kappa shape index (κ2) is 4.77. The van der Waals surface area contributed by atoms with Crippen molar-refractivity contribution in [1.29, 1.82) is 0 Å². The molecule has 1 aliphatic rings. The molecule has 0 amide bonds. The van der Waals surface area contributed by atoms with Gasteiger partial charge in [0.2, 0.25) is 0 Å². The highest BCUT2D eigenvalue weighted by Crippen LogP contribution is 2.29. The molecule has 2 rings (SSSR count). The zero-order chi connectivity index (χ0) is 10.7. The summed E-state index contributed by atoms with van der Waals surface area (Å²) in [6.07, 6.45) is 2.25. The van der Waals surface area contributed by atoms with Gasteiger partial charge in [0.25, 0.3) is 0 Å². The maximum atomic E-state index is 9.04. The third-order valence-electron chi connectivity index (χ3n) is 3.18. The second-order valence-electron chi connectivity index (χ2n) is 4.24. The lowest BCUT2D eigenvalue weighted by Crippen LogP contribution is -2.15. The van der Waals surface area contributed by atoms with Gasteiger partial charge in [-0.15, -0.1) is 0 Å². The zero-order valence-corrected chi connectivity index (χ0v) is 9.20. The minimum absolute atomic E-state index is 0.134. The third kappa shape index (κ3) is 2.39. The lowest BCUT2D eigenvalue weighted by atomic mass is 9.88. The first-order chi connectivity index (χ1) is 7.31. The van der Waals surface area contributed by atoms with Gasteiger partial charge in [-0.1, -0.05) is 18.2 Å². The van der Waals surface area contributed by atoms with Crippen LogP contribution in [0.25, 0.3) is 0 Å². The Morgan fingerprint density at radius 2 is 2.07 bits per heavy atom. The standard InChI is InChI=1S/C13H18O2/c1-10-8-11(9-14)2-3-13(10)12-4-6-15-7-5-12/h2-3,8,12,14H,4-7,9H2,1H3. The van der Waals surface area contributed by atoms with Gasteiger partial charge in [0, 0.05) is 13.2 Å². The topological polar surface area (TPSA) is 29.5 Å². The van der Waals surface area contributed by atoms with Gasteiger partial charge >= 0.3 is 0 Å². The molecule has 15 heavy (non-hydrogen) atoms. The van der Waals surface area contributed by atoms with Crippen molar-refractivity contribution < 1.29 is 9.84 Å². The average molecular weight is 206 g/mol. The van der Waals surface area contributed by atoms with Crippen LogP contribution in [0.3, 0.4) is 0 Å². The van der Waals surface area contributed by atoms with Gasteiger partial charge in [-0.05, 0) is 42.4 Å². The number of benzene rings is 1. The van der Waals surface area contributed by atoms with E-state index in [9.17, 15) is 0 Å². The molecule has 1 heterocycles. The first kappa shape index (κ1) is 10.7. The highest BCUT2D eigenvalue weighted by Gasteiger charge is 2.17. The van der Waals surface area contributed by atoms with Crippen molar-refractivity contribution in [2.75, 3.05) is 13.2 Å². The lowest BCUT2D eigenvalue weighted by molar-refractivity contribution is 0.0852. The smallest absolute Gasteiger partial charge is 0.0681 e. The third-order valence-corrected chi connectivity index (χ3v) is 3.18. The Labute approximate surface area is 90.9 Å². The summed E-state index contributed by atoms with van der Waals surface area (Å²) in [6, 6.07) is 6.28. The van der Waals surface area contributed by atoms with E-state index in [1.54, 1.807) is 0 Å². The fourth-order valence-electron chi connectivity index (χ4n) is 2.30. The normalized spacial score (nSPS) is 18.0. The number of hydrogen-bond donors (Lipinski definition) is 1. The molecule has 82 valence electrons.